The van der Waals surface area contributed by atoms with E-state index in [9.17, 15) is 4.79 Å². The molecule has 0 atom stereocenters. The lowest BCUT2D eigenvalue weighted by atomic mass is 10.2. The van der Waals surface area contributed by atoms with Gasteiger partial charge in [0.25, 0.3) is 0 Å². The Morgan fingerprint density at radius 3 is 2.53 bits per heavy atom. The first-order chi connectivity index (χ1) is 7.16. The Kier molecular flexibility index (Phi) is 2.33. The van der Waals surface area contributed by atoms with Crippen LogP contribution < -0.4 is 11.4 Å². The van der Waals surface area contributed by atoms with E-state index >= 15 is 0 Å². The number of aryl methyl sites for hydroxylation is 1. The van der Waals surface area contributed by atoms with E-state index < -0.39 is 0 Å². The van der Waals surface area contributed by atoms with Crippen LogP contribution in [-0.2, 0) is 6.54 Å². The van der Waals surface area contributed by atoms with E-state index in [-0.39, 0.29) is 5.69 Å². The van der Waals surface area contributed by atoms with Gasteiger partial charge in [0, 0.05) is 17.6 Å². The highest BCUT2D eigenvalue weighted by atomic mass is 16.1. The van der Waals surface area contributed by atoms with Crippen LogP contribution in [0.15, 0.2) is 35.3 Å². The van der Waals surface area contributed by atoms with Gasteiger partial charge in [0.1, 0.15) is 0 Å². The minimum Gasteiger partial charge on any atom is -0.399 e. The highest BCUT2D eigenvalue weighted by Crippen LogP contribution is 2.07. The number of nitrogens with zero attached hydrogens (tertiary/aromatic N) is 1. The quantitative estimate of drug-likeness (QED) is 0.718. The second-order valence-electron chi connectivity index (χ2n) is 3.56. The number of nitrogens with one attached hydrogen (secondary N) is 1. The molecule has 3 N–H and O–H groups in total. The maximum absolute atomic E-state index is 11.4. The Labute approximate surface area is 87.4 Å². The van der Waals surface area contributed by atoms with E-state index in [0.29, 0.717) is 6.54 Å². The number of hydrogen-bond acceptors (Lipinski definition) is 2. The zero-order valence-corrected chi connectivity index (χ0v) is 8.53. The molecule has 0 amide bonds. The third-order valence-corrected chi connectivity index (χ3v) is 2.40. The summed E-state index contributed by atoms with van der Waals surface area (Å²) in [5.74, 6) is 0. The molecular formula is C11H13N3O. The van der Waals surface area contributed by atoms with Gasteiger partial charge >= 0.3 is 5.69 Å². The first kappa shape index (κ1) is 9.58. The second kappa shape index (κ2) is 3.65. The summed E-state index contributed by atoms with van der Waals surface area (Å²) in [6.45, 7) is 2.48. The molecule has 4 nitrogen and oxygen atoms in total. The number of nitrogen functional groups attached to an aromatic ring is 1. The summed E-state index contributed by atoms with van der Waals surface area (Å²) in [4.78, 5) is 14.0. The fourth-order valence-electron chi connectivity index (χ4n) is 1.48. The SMILES string of the molecule is Cc1c[nH]c(=O)n1Cc1ccc(N)cc1. The lowest BCUT2D eigenvalue weighted by molar-refractivity contribution is 0.738. The third kappa shape index (κ3) is 1.93. The normalized spacial score (nSPS) is 10.5. The molecule has 1 aromatic carbocycles. The molecule has 1 aromatic heterocycles. The van der Waals surface area contributed by atoms with Crippen LogP contribution in [0.1, 0.15) is 11.3 Å². The predicted molar refractivity (Wildman–Crippen MR) is 59.7 cm³/mol. The molecule has 1 heterocycles. The van der Waals surface area contributed by atoms with Gasteiger partial charge in [0.2, 0.25) is 0 Å². The summed E-state index contributed by atoms with van der Waals surface area (Å²) < 4.78 is 1.69. The van der Waals surface area contributed by atoms with Gasteiger partial charge in [-0.25, -0.2) is 4.79 Å². The highest BCUT2D eigenvalue weighted by Gasteiger charge is 2.02. The number of anilines is 1. The Bertz CT molecular complexity index is 507. The minimum atomic E-state index is -0.0793. The molecule has 78 valence electrons. The van der Waals surface area contributed by atoms with Crippen molar-refractivity contribution in [1.82, 2.24) is 9.55 Å². The maximum Gasteiger partial charge on any atom is 0.326 e. The van der Waals surface area contributed by atoms with Crippen molar-refractivity contribution in [2.75, 3.05) is 5.73 Å². The third-order valence-electron chi connectivity index (χ3n) is 2.40. The molecule has 2 rings (SSSR count). The summed E-state index contributed by atoms with van der Waals surface area (Å²) >= 11 is 0. The van der Waals surface area contributed by atoms with Crippen LogP contribution in [0, 0.1) is 6.92 Å². The van der Waals surface area contributed by atoms with Crippen molar-refractivity contribution in [3.8, 4) is 0 Å². The molecule has 0 saturated heterocycles. The van der Waals surface area contributed by atoms with Crippen molar-refractivity contribution < 1.29 is 0 Å². The Morgan fingerprint density at radius 2 is 2.00 bits per heavy atom. The molecule has 0 unspecified atom stereocenters. The van der Waals surface area contributed by atoms with Crippen molar-refractivity contribution in [3.05, 3.63) is 52.2 Å². The topological polar surface area (TPSA) is 63.8 Å². The summed E-state index contributed by atoms with van der Waals surface area (Å²) in [5, 5.41) is 0. The molecular weight excluding hydrogens is 190 g/mol. The maximum atomic E-state index is 11.4. The van der Waals surface area contributed by atoms with Gasteiger partial charge in [-0.3, -0.25) is 4.57 Å². The number of aromatic amines is 1. The smallest absolute Gasteiger partial charge is 0.326 e. The number of imidazole rings is 1. The van der Waals surface area contributed by atoms with E-state index in [2.05, 4.69) is 4.98 Å². The average molecular weight is 203 g/mol. The zero-order valence-electron chi connectivity index (χ0n) is 8.53. The van der Waals surface area contributed by atoms with Gasteiger partial charge < -0.3 is 10.7 Å². The molecule has 0 aliphatic carbocycles. The number of rotatable bonds is 2. The van der Waals surface area contributed by atoms with E-state index in [1.807, 2.05) is 31.2 Å². The van der Waals surface area contributed by atoms with Crippen LogP contribution in [0.25, 0.3) is 0 Å². The van der Waals surface area contributed by atoms with Crippen molar-refractivity contribution in [1.29, 1.82) is 0 Å². The lowest BCUT2D eigenvalue weighted by Crippen LogP contribution is -2.18. The summed E-state index contributed by atoms with van der Waals surface area (Å²) in [6.07, 6.45) is 1.71. The van der Waals surface area contributed by atoms with Crippen LogP contribution in [0.5, 0.6) is 0 Å². The highest BCUT2D eigenvalue weighted by molar-refractivity contribution is 5.39. The van der Waals surface area contributed by atoms with E-state index in [1.165, 1.54) is 0 Å². The molecule has 0 aliphatic heterocycles. The number of nitrogens with two attached hydrogens (primary N) is 1. The zero-order chi connectivity index (χ0) is 10.8. The first-order valence-electron chi connectivity index (χ1n) is 4.76. The second-order valence-corrected chi connectivity index (χ2v) is 3.56. The van der Waals surface area contributed by atoms with Gasteiger partial charge in [-0.05, 0) is 24.6 Å². The van der Waals surface area contributed by atoms with E-state index in [4.69, 9.17) is 5.73 Å². The molecule has 0 saturated carbocycles. The van der Waals surface area contributed by atoms with Gasteiger partial charge in [-0.2, -0.15) is 0 Å². The first-order valence-corrected chi connectivity index (χ1v) is 4.76. The molecule has 0 aliphatic rings. The van der Waals surface area contributed by atoms with Crippen molar-refractivity contribution in [3.63, 3.8) is 0 Å². The summed E-state index contributed by atoms with van der Waals surface area (Å²) in [5.41, 5.74) is 8.23. The monoisotopic (exact) mass is 203 g/mol. The van der Waals surface area contributed by atoms with Crippen molar-refractivity contribution >= 4 is 5.69 Å². The number of benzene rings is 1. The van der Waals surface area contributed by atoms with Crippen LogP contribution in [-0.4, -0.2) is 9.55 Å². The Hall–Kier alpha value is -1.97. The fourth-order valence-corrected chi connectivity index (χ4v) is 1.48. The van der Waals surface area contributed by atoms with Crippen LogP contribution in [0.4, 0.5) is 5.69 Å². The van der Waals surface area contributed by atoms with Gasteiger partial charge in [-0.15, -0.1) is 0 Å². The number of H-pyrrole nitrogens is 1. The lowest BCUT2D eigenvalue weighted by Gasteiger charge is -2.04. The van der Waals surface area contributed by atoms with Gasteiger partial charge in [-0.1, -0.05) is 12.1 Å². The van der Waals surface area contributed by atoms with E-state index in [1.54, 1.807) is 10.8 Å². The Balaban J connectivity index is 2.29. The minimum absolute atomic E-state index is 0.0793. The molecule has 0 bridgehead atoms. The number of hydrogen-bond donors (Lipinski definition) is 2. The largest absolute Gasteiger partial charge is 0.399 e. The molecule has 0 radical (unpaired) electrons. The molecule has 4 heteroatoms. The van der Waals surface area contributed by atoms with Crippen LogP contribution in [0.3, 0.4) is 0 Å². The molecule has 0 fully saturated rings. The van der Waals surface area contributed by atoms with Gasteiger partial charge in [0.05, 0.1) is 6.54 Å². The molecule has 0 spiro atoms. The van der Waals surface area contributed by atoms with Crippen molar-refractivity contribution in [2.45, 2.75) is 13.5 Å². The van der Waals surface area contributed by atoms with Crippen molar-refractivity contribution in [2.24, 2.45) is 0 Å². The number of aromatic nitrogens is 2. The summed E-state index contributed by atoms with van der Waals surface area (Å²) in [6, 6.07) is 7.52. The standard InChI is InChI=1S/C11H13N3O/c1-8-6-13-11(15)14(8)7-9-2-4-10(12)5-3-9/h2-6H,7,12H2,1H3,(H,13,15). The van der Waals surface area contributed by atoms with E-state index in [0.717, 1.165) is 16.9 Å². The molecule has 2 aromatic rings. The van der Waals surface area contributed by atoms with Crippen LogP contribution in [0.2, 0.25) is 0 Å². The predicted octanol–water partition coefficient (Wildman–Crippen LogP) is 1.12. The Morgan fingerprint density at radius 1 is 1.33 bits per heavy atom. The van der Waals surface area contributed by atoms with Gasteiger partial charge in [0.15, 0.2) is 0 Å². The summed E-state index contributed by atoms with van der Waals surface area (Å²) in [7, 11) is 0. The molecule has 15 heavy (non-hydrogen) atoms. The fraction of sp³-hybridized carbons (Fsp3) is 0.182. The average Bonchev–Trinajstić information content (AvgIpc) is 2.53. The van der Waals surface area contributed by atoms with Crippen LogP contribution >= 0.6 is 0 Å².